The first-order valence-electron chi connectivity index (χ1n) is 11.9. The summed E-state index contributed by atoms with van der Waals surface area (Å²) in [5.74, 6) is 2.50. The molecule has 2 atom stereocenters. The van der Waals surface area contributed by atoms with Crippen LogP contribution in [0.15, 0.2) is 24.4 Å². The van der Waals surface area contributed by atoms with Gasteiger partial charge in [0.15, 0.2) is 0 Å². The minimum atomic E-state index is -0.194. The van der Waals surface area contributed by atoms with Gasteiger partial charge in [0.1, 0.15) is 11.4 Å². The number of carbonyl (C=O) groups excluding carboxylic acids is 1. The Morgan fingerprint density at radius 3 is 2.76 bits per heavy atom. The Balaban J connectivity index is 1.28. The molecule has 2 aliphatic heterocycles. The molecule has 9 nitrogen and oxygen atoms in total. The van der Waals surface area contributed by atoms with Crippen LogP contribution >= 0.6 is 11.6 Å². The molecule has 3 N–H and O–H groups in total. The van der Waals surface area contributed by atoms with Gasteiger partial charge >= 0.3 is 0 Å². The number of ether oxygens (including phenoxy) is 1. The van der Waals surface area contributed by atoms with E-state index in [2.05, 4.69) is 25.4 Å². The summed E-state index contributed by atoms with van der Waals surface area (Å²) in [4.78, 5) is 26.8. The lowest BCUT2D eigenvalue weighted by atomic mass is 10.1. The topological polar surface area (TPSA) is 103 Å². The summed E-state index contributed by atoms with van der Waals surface area (Å²) < 4.78 is 5.38. The molecule has 1 aromatic heterocycles. The van der Waals surface area contributed by atoms with Gasteiger partial charge in [0, 0.05) is 57.0 Å². The third kappa shape index (κ3) is 5.43. The summed E-state index contributed by atoms with van der Waals surface area (Å²) in [6, 6.07) is 5.53. The Labute approximate surface area is 204 Å². The number of benzene rings is 1. The highest BCUT2D eigenvalue weighted by Gasteiger charge is 2.45. The highest BCUT2D eigenvalue weighted by Crippen LogP contribution is 2.45. The van der Waals surface area contributed by atoms with Crippen molar-refractivity contribution >= 4 is 29.3 Å². The fraction of sp³-hybridized carbons (Fsp3) is 0.542. The molecule has 3 fully saturated rings. The molecule has 182 valence electrons. The maximum absolute atomic E-state index is 13.0. The van der Waals surface area contributed by atoms with Gasteiger partial charge in [-0.1, -0.05) is 23.7 Å². The van der Waals surface area contributed by atoms with E-state index >= 15 is 0 Å². The van der Waals surface area contributed by atoms with Crippen LogP contribution in [0.4, 0.5) is 11.8 Å². The lowest BCUT2D eigenvalue weighted by Crippen LogP contribution is -2.41. The van der Waals surface area contributed by atoms with Gasteiger partial charge < -0.3 is 25.4 Å². The molecule has 3 heterocycles. The second-order valence-corrected chi connectivity index (χ2v) is 9.65. The van der Waals surface area contributed by atoms with Crippen molar-refractivity contribution < 1.29 is 14.6 Å². The predicted molar refractivity (Wildman–Crippen MR) is 130 cm³/mol. The van der Waals surface area contributed by atoms with Crippen molar-refractivity contribution in [3.63, 3.8) is 0 Å². The van der Waals surface area contributed by atoms with E-state index in [9.17, 15) is 9.90 Å². The molecule has 2 saturated heterocycles. The number of nitrogens with one attached hydrogen (secondary N) is 2. The zero-order valence-corrected chi connectivity index (χ0v) is 19.9. The van der Waals surface area contributed by atoms with Crippen molar-refractivity contribution in [1.82, 2.24) is 20.2 Å². The van der Waals surface area contributed by atoms with Gasteiger partial charge in [0.25, 0.3) is 5.91 Å². The van der Waals surface area contributed by atoms with Gasteiger partial charge in [-0.25, -0.2) is 4.98 Å². The highest BCUT2D eigenvalue weighted by molar-refractivity contribution is 6.31. The Kier molecular flexibility index (Phi) is 7.15. The average molecular weight is 487 g/mol. The molecule has 10 heteroatoms. The van der Waals surface area contributed by atoms with Crippen molar-refractivity contribution in [1.29, 1.82) is 0 Å². The molecule has 1 saturated carbocycles. The number of amides is 1. The Morgan fingerprint density at radius 2 is 2.03 bits per heavy atom. The number of fused-ring (bicyclic) bond motifs is 1. The number of rotatable bonds is 9. The monoisotopic (exact) mass is 486 g/mol. The highest BCUT2D eigenvalue weighted by atomic mass is 35.5. The number of halogens is 1. The van der Waals surface area contributed by atoms with Gasteiger partial charge in [-0.15, -0.1) is 0 Å². The lowest BCUT2D eigenvalue weighted by molar-refractivity contribution is 0.0383. The first kappa shape index (κ1) is 23.3. The Hall–Kier alpha value is -2.46. The van der Waals surface area contributed by atoms with Crippen LogP contribution in [-0.2, 0) is 17.9 Å². The van der Waals surface area contributed by atoms with Crippen LogP contribution in [0.25, 0.3) is 0 Å². The van der Waals surface area contributed by atoms with Gasteiger partial charge in [0.2, 0.25) is 5.95 Å². The van der Waals surface area contributed by atoms with E-state index in [1.54, 1.807) is 12.3 Å². The fourth-order valence-electron chi connectivity index (χ4n) is 4.65. The Morgan fingerprint density at radius 1 is 1.24 bits per heavy atom. The molecule has 3 aliphatic rings. The molecule has 0 bridgehead atoms. The minimum absolute atomic E-state index is 0.103. The molecule has 2 unspecified atom stereocenters. The van der Waals surface area contributed by atoms with Crippen LogP contribution in [0.1, 0.15) is 27.9 Å². The lowest BCUT2D eigenvalue weighted by Gasteiger charge is -2.26. The average Bonchev–Trinajstić information content (AvgIpc) is 3.47. The third-order valence-electron chi connectivity index (χ3n) is 6.85. The number of anilines is 2. The number of morpholine rings is 1. The largest absolute Gasteiger partial charge is 0.392 e. The van der Waals surface area contributed by atoms with Crippen LogP contribution in [0, 0.1) is 11.8 Å². The van der Waals surface area contributed by atoms with Gasteiger partial charge in [0.05, 0.1) is 19.8 Å². The van der Waals surface area contributed by atoms with Crippen LogP contribution in [0.3, 0.4) is 0 Å². The third-order valence-corrected chi connectivity index (χ3v) is 7.20. The summed E-state index contributed by atoms with van der Waals surface area (Å²) in [5, 5.41) is 16.2. The molecule has 1 aromatic carbocycles. The standard InChI is InChI=1S/C24H31ClN6O3/c25-21-9-16(1-2-17(21)15-32)11-27-22-20(23(33)26-3-4-30-5-7-34-8-6-30)12-28-24(29-22)31-13-18-10-19(18)14-31/h1-2,9,12,18-19,32H,3-8,10-11,13-15H2,(H,26,33)(H,27,28,29). The van der Waals surface area contributed by atoms with Crippen molar-refractivity contribution in [3.8, 4) is 0 Å². The van der Waals surface area contributed by atoms with Crippen LogP contribution < -0.4 is 15.5 Å². The summed E-state index contributed by atoms with van der Waals surface area (Å²) in [7, 11) is 0. The molecule has 1 aliphatic carbocycles. The fourth-order valence-corrected chi connectivity index (χ4v) is 4.91. The van der Waals surface area contributed by atoms with E-state index in [4.69, 9.17) is 21.3 Å². The summed E-state index contributed by atoms with van der Waals surface area (Å²) in [6.07, 6.45) is 2.93. The molecule has 0 spiro atoms. The molecule has 5 rings (SSSR count). The van der Waals surface area contributed by atoms with E-state index in [1.165, 1.54) is 6.42 Å². The first-order chi connectivity index (χ1) is 16.6. The van der Waals surface area contributed by atoms with Crippen molar-refractivity contribution in [3.05, 3.63) is 46.1 Å². The molecular formula is C24H31ClN6O3. The van der Waals surface area contributed by atoms with E-state index in [0.29, 0.717) is 41.0 Å². The molecule has 2 aromatic rings. The summed E-state index contributed by atoms with van der Waals surface area (Å²) in [5.41, 5.74) is 2.04. The molecular weight excluding hydrogens is 456 g/mol. The predicted octanol–water partition coefficient (Wildman–Crippen LogP) is 1.75. The van der Waals surface area contributed by atoms with Crippen LogP contribution in [-0.4, -0.2) is 78.4 Å². The normalized spacial score (nSPS) is 21.9. The van der Waals surface area contributed by atoms with Gasteiger partial charge in [-0.3, -0.25) is 9.69 Å². The molecule has 1 amide bonds. The van der Waals surface area contributed by atoms with Crippen molar-refractivity contribution in [2.75, 3.05) is 62.7 Å². The van der Waals surface area contributed by atoms with E-state index in [1.807, 2.05) is 12.1 Å². The first-order valence-corrected chi connectivity index (χ1v) is 12.3. The SMILES string of the molecule is O=C(NCCN1CCOCC1)c1cnc(N2CC3CC3C2)nc1NCc1ccc(CO)c(Cl)c1. The summed E-state index contributed by atoms with van der Waals surface area (Å²) in [6.45, 7) is 6.87. The zero-order chi connectivity index (χ0) is 23.5. The van der Waals surface area contributed by atoms with Crippen LogP contribution in [0.2, 0.25) is 5.02 Å². The number of nitrogens with zero attached hydrogens (tertiary/aromatic N) is 4. The molecule has 34 heavy (non-hydrogen) atoms. The van der Waals surface area contributed by atoms with Gasteiger partial charge in [-0.2, -0.15) is 4.98 Å². The number of aliphatic hydroxyl groups is 1. The smallest absolute Gasteiger partial charge is 0.256 e. The zero-order valence-electron chi connectivity index (χ0n) is 19.2. The van der Waals surface area contributed by atoms with E-state index in [-0.39, 0.29) is 12.5 Å². The number of hydrogen-bond acceptors (Lipinski definition) is 8. The second kappa shape index (κ2) is 10.4. The number of hydrogen-bond donors (Lipinski definition) is 3. The van der Waals surface area contributed by atoms with Crippen molar-refractivity contribution in [2.24, 2.45) is 11.8 Å². The minimum Gasteiger partial charge on any atom is -0.392 e. The second-order valence-electron chi connectivity index (χ2n) is 9.24. The van der Waals surface area contributed by atoms with Gasteiger partial charge in [-0.05, 0) is 35.4 Å². The van der Waals surface area contributed by atoms with E-state index < -0.39 is 0 Å². The number of carbonyl (C=O) groups is 1. The maximum atomic E-state index is 13.0. The maximum Gasteiger partial charge on any atom is 0.256 e. The summed E-state index contributed by atoms with van der Waals surface area (Å²) >= 11 is 6.25. The quantitative estimate of drug-likeness (QED) is 0.492. The molecule has 0 radical (unpaired) electrons. The van der Waals surface area contributed by atoms with Crippen LogP contribution in [0.5, 0.6) is 0 Å². The van der Waals surface area contributed by atoms with E-state index in [0.717, 1.165) is 63.3 Å². The number of piperidine rings is 1. The Bertz CT molecular complexity index is 1020. The number of aromatic nitrogens is 2. The van der Waals surface area contributed by atoms with Crippen molar-refractivity contribution in [2.45, 2.75) is 19.6 Å². The number of aliphatic hydroxyl groups excluding tert-OH is 1.